The number of aryl methyl sites for hydroxylation is 1. The number of benzene rings is 1. The van der Waals surface area contributed by atoms with Crippen LogP contribution in [0.25, 0.3) is 0 Å². The largest absolute Gasteiger partial charge is 0.492 e. The molecule has 31 heavy (non-hydrogen) atoms. The predicted molar refractivity (Wildman–Crippen MR) is 119 cm³/mol. The first kappa shape index (κ1) is 21.2. The van der Waals surface area contributed by atoms with Gasteiger partial charge in [0.15, 0.2) is 0 Å². The summed E-state index contributed by atoms with van der Waals surface area (Å²) in [6.07, 6.45) is 7.30. The second-order valence-corrected chi connectivity index (χ2v) is 9.65. The third-order valence-electron chi connectivity index (χ3n) is 7.72. The summed E-state index contributed by atoms with van der Waals surface area (Å²) in [6.45, 7) is 6.06. The van der Waals surface area contributed by atoms with Crippen molar-refractivity contribution in [3.63, 3.8) is 0 Å². The Bertz CT molecular complexity index is 771. The van der Waals surface area contributed by atoms with Crippen molar-refractivity contribution in [2.24, 2.45) is 0 Å². The molecular weight excluding hydrogens is 392 g/mol. The average Bonchev–Trinajstić information content (AvgIpc) is 3.43. The van der Waals surface area contributed by atoms with Crippen molar-refractivity contribution in [1.29, 1.82) is 0 Å². The van der Waals surface area contributed by atoms with Crippen LogP contribution in [0.1, 0.15) is 62.0 Å². The Morgan fingerprint density at radius 1 is 1.03 bits per heavy atom. The second kappa shape index (κ2) is 9.47. The van der Waals surface area contributed by atoms with E-state index in [0.717, 1.165) is 63.8 Å². The van der Waals surface area contributed by atoms with Crippen LogP contribution in [-0.4, -0.2) is 68.0 Å². The van der Waals surface area contributed by atoms with Crippen LogP contribution in [0.4, 0.5) is 0 Å². The molecular formula is C25H36N2O4. The highest BCUT2D eigenvalue weighted by molar-refractivity contribution is 5.81. The van der Waals surface area contributed by atoms with Gasteiger partial charge in [-0.25, -0.2) is 0 Å². The molecule has 6 heteroatoms. The molecule has 3 atom stereocenters. The summed E-state index contributed by atoms with van der Waals surface area (Å²) in [6, 6.07) is 6.77. The van der Waals surface area contributed by atoms with Gasteiger partial charge in [0, 0.05) is 31.3 Å². The van der Waals surface area contributed by atoms with Gasteiger partial charge in [0.1, 0.15) is 18.5 Å². The van der Waals surface area contributed by atoms with E-state index in [9.17, 15) is 4.79 Å². The topological polar surface area (TPSA) is 60.0 Å². The standard InChI is InChI=1S/C25H36N2O4/c1-17-4-2-5-22-24(17)18-7-9-19(10-8-18)31-16-21-20(11-12-27(21)13-15-30-22)26-25(28)23-6-3-14-29-23/h2,4-5,18-21,23H,3,6-16H2,1H3,(H,26,28)/t18?,19?,20-,21-,23-/m0/s1. The third-order valence-corrected chi connectivity index (χ3v) is 7.72. The molecule has 0 radical (unpaired) electrons. The van der Waals surface area contributed by atoms with Crippen molar-refractivity contribution in [1.82, 2.24) is 10.2 Å². The molecule has 6 nitrogen and oxygen atoms in total. The molecule has 1 N–H and O–H groups in total. The lowest BCUT2D eigenvalue weighted by Crippen LogP contribution is -2.50. The lowest BCUT2D eigenvalue weighted by atomic mass is 9.80. The van der Waals surface area contributed by atoms with Gasteiger partial charge in [-0.1, -0.05) is 12.1 Å². The van der Waals surface area contributed by atoms with E-state index in [-0.39, 0.29) is 24.1 Å². The van der Waals surface area contributed by atoms with Crippen LogP contribution in [0.2, 0.25) is 0 Å². The highest BCUT2D eigenvalue weighted by Gasteiger charge is 2.38. The number of carbonyl (C=O) groups excluding carboxylic acids is 1. The molecule has 1 aliphatic carbocycles. The Labute approximate surface area is 185 Å². The zero-order valence-corrected chi connectivity index (χ0v) is 18.7. The van der Waals surface area contributed by atoms with Crippen LogP contribution >= 0.6 is 0 Å². The molecule has 0 aromatic heterocycles. The van der Waals surface area contributed by atoms with Crippen molar-refractivity contribution in [2.45, 2.75) is 82.1 Å². The maximum absolute atomic E-state index is 12.7. The predicted octanol–water partition coefficient (Wildman–Crippen LogP) is 3.17. The average molecular weight is 429 g/mol. The van der Waals surface area contributed by atoms with E-state index < -0.39 is 0 Å². The van der Waals surface area contributed by atoms with Crippen molar-refractivity contribution in [3.05, 3.63) is 29.3 Å². The van der Waals surface area contributed by atoms with E-state index in [1.807, 2.05) is 0 Å². The van der Waals surface area contributed by atoms with Crippen LogP contribution in [0.3, 0.4) is 0 Å². The fraction of sp³-hybridized carbons (Fsp3) is 0.720. The number of nitrogens with zero attached hydrogens (tertiary/aromatic N) is 1. The highest BCUT2D eigenvalue weighted by Crippen LogP contribution is 2.40. The SMILES string of the molecule is Cc1cccc2c1C1CCC(CC1)OC[C@H]1[C@@H](NC(=O)[C@@H]3CCCO3)CCN1CCO2. The fourth-order valence-electron chi connectivity index (χ4n) is 5.97. The number of amides is 1. The minimum Gasteiger partial charge on any atom is -0.492 e. The number of ether oxygens (including phenoxy) is 3. The summed E-state index contributed by atoms with van der Waals surface area (Å²) in [7, 11) is 0. The maximum atomic E-state index is 12.7. The number of hydrogen-bond donors (Lipinski definition) is 1. The van der Waals surface area contributed by atoms with Gasteiger partial charge in [0.2, 0.25) is 5.91 Å². The van der Waals surface area contributed by atoms with Gasteiger partial charge < -0.3 is 19.5 Å². The molecule has 4 aliphatic heterocycles. The molecule has 170 valence electrons. The molecule has 0 spiro atoms. The summed E-state index contributed by atoms with van der Waals surface area (Å²) in [5.41, 5.74) is 2.74. The van der Waals surface area contributed by atoms with Crippen molar-refractivity contribution in [3.8, 4) is 5.75 Å². The number of rotatable bonds is 2. The molecule has 0 unspecified atom stereocenters. The molecule has 2 bridgehead atoms. The van der Waals surface area contributed by atoms with E-state index in [1.54, 1.807) is 0 Å². The van der Waals surface area contributed by atoms with Crippen molar-refractivity contribution >= 4 is 5.91 Å². The van der Waals surface area contributed by atoms with E-state index >= 15 is 0 Å². The van der Waals surface area contributed by atoms with Gasteiger partial charge in [0.25, 0.3) is 0 Å². The van der Waals surface area contributed by atoms with Crippen LogP contribution in [-0.2, 0) is 14.3 Å². The Morgan fingerprint density at radius 3 is 2.71 bits per heavy atom. The molecule has 1 amide bonds. The summed E-state index contributed by atoms with van der Waals surface area (Å²) in [5, 5.41) is 3.28. The van der Waals surface area contributed by atoms with Gasteiger partial charge in [-0.3, -0.25) is 9.69 Å². The van der Waals surface area contributed by atoms with Crippen LogP contribution in [0.5, 0.6) is 5.75 Å². The number of fused-ring (bicyclic) bond motifs is 5. The molecule has 1 aromatic rings. The molecule has 5 aliphatic rings. The first-order valence-corrected chi connectivity index (χ1v) is 12.2. The normalized spacial score (nSPS) is 34.0. The van der Waals surface area contributed by atoms with Gasteiger partial charge in [-0.05, 0) is 69.4 Å². The summed E-state index contributed by atoms with van der Waals surface area (Å²) in [4.78, 5) is 15.1. The molecule has 4 heterocycles. The first-order chi connectivity index (χ1) is 15.2. The minimum atomic E-state index is -0.275. The second-order valence-electron chi connectivity index (χ2n) is 9.65. The van der Waals surface area contributed by atoms with Crippen molar-refractivity contribution in [2.75, 3.05) is 32.9 Å². The zero-order chi connectivity index (χ0) is 21.2. The van der Waals surface area contributed by atoms with Gasteiger partial charge in [0.05, 0.1) is 18.8 Å². The van der Waals surface area contributed by atoms with E-state index in [4.69, 9.17) is 14.2 Å². The maximum Gasteiger partial charge on any atom is 0.249 e. The van der Waals surface area contributed by atoms with E-state index in [0.29, 0.717) is 31.8 Å². The molecule has 1 aromatic carbocycles. The Kier molecular flexibility index (Phi) is 6.49. The van der Waals surface area contributed by atoms with E-state index in [1.165, 1.54) is 11.1 Å². The minimum absolute atomic E-state index is 0.0495. The lowest BCUT2D eigenvalue weighted by Gasteiger charge is -2.32. The summed E-state index contributed by atoms with van der Waals surface area (Å²) < 4.78 is 18.4. The number of nitrogens with one attached hydrogen (secondary N) is 1. The molecule has 6 rings (SSSR count). The number of carbonyl (C=O) groups is 1. The smallest absolute Gasteiger partial charge is 0.249 e. The monoisotopic (exact) mass is 428 g/mol. The van der Waals surface area contributed by atoms with Crippen LogP contribution < -0.4 is 10.1 Å². The number of hydrogen-bond acceptors (Lipinski definition) is 5. The molecule has 3 fully saturated rings. The highest BCUT2D eigenvalue weighted by atomic mass is 16.5. The van der Waals surface area contributed by atoms with Crippen LogP contribution in [0.15, 0.2) is 18.2 Å². The fourth-order valence-corrected chi connectivity index (χ4v) is 5.97. The summed E-state index contributed by atoms with van der Waals surface area (Å²) >= 11 is 0. The lowest BCUT2D eigenvalue weighted by molar-refractivity contribution is -0.131. The quantitative estimate of drug-likeness (QED) is 0.784. The third kappa shape index (κ3) is 4.62. The molecule has 2 saturated heterocycles. The van der Waals surface area contributed by atoms with Gasteiger partial charge in [-0.15, -0.1) is 0 Å². The van der Waals surface area contributed by atoms with Gasteiger partial charge in [-0.2, -0.15) is 0 Å². The first-order valence-electron chi connectivity index (χ1n) is 12.2. The summed E-state index contributed by atoms with van der Waals surface area (Å²) in [5.74, 6) is 1.67. The Hall–Kier alpha value is -1.63. The van der Waals surface area contributed by atoms with Crippen molar-refractivity contribution < 1.29 is 19.0 Å². The van der Waals surface area contributed by atoms with Gasteiger partial charge >= 0.3 is 0 Å². The zero-order valence-electron chi connectivity index (χ0n) is 18.7. The van der Waals surface area contributed by atoms with Crippen LogP contribution in [0, 0.1) is 6.92 Å². The van der Waals surface area contributed by atoms with E-state index in [2.05, 4.69) is 35.3 Å². The Balaban J connectivity index is 1.31. The Morgan fingerprint density at radius 2 is 1.90 bits per heavy atom. The molecule has 1 saturated carbocycles.